The standard InChI is InChI=1S/C31H34N4O4S/c1-4-25-18-26-27(32-30(33-28(26)40-25)37-19-24-20-38-31(2,3)39-24)34-14-16-35(17-15-34)29(36)23-12-10-22(11-13-23)21-8-6-5-7-9-21/h5-13,18,24H,4,14-17,19-20H2,1-3H3/t24-/m1/s1. The number of anilines is 1. The maximum absolute atomic E-state index is 13.3. The Morgan fingerprint density at radius 3 is 2.42 bits per heavy atom. The molecule has 2 aromatic heterocycles. The highest BCUT2D eigenvalue weighted by Crippen LogP contribution is 2.34. The number of aryl methyl sites for hydroxylation is 1. The van der Waals surface area contributed by atoms with E-state index in [1.54, 1.807) is 11.3 Å². The number of hydrogen-bond acceptors (Lipinski definition) is 8. The summed E-state index contributed by atoms with van der Waals surface area (Å²) in [4.78, 5) is 29.2. The number of benzene rings is 2. The van der Waals surface area contributed by atoms with Crippen molar-refractivity contribution in [3.05, 3.63) is 71.1 Å². The van der Waals surface area contributed by atoms with Gasteiger partial charge in [0.25, 0.3) is 5.91 Å². The maximum atomic E-state index is 13.3. The highest BCUT2D eigenvalue weighted by molar-refractivity contribution is 7.18. The van der Waals surface area contributed by atoms with Gasteiger partial charge in [-0.05, 0) is 49.6 Å². The molecule has 4 heterocycles. The first-order chi connectivity index (χ1) is 19.4. The van der Waals surface area contributed by atoms with Crippen LogP contribution in [0.25, 0.3) is 21.3 Å². The van der Waals surface area contributed by atoms with Crippen LogP contribution in [0, 0.1) is 0 Å². The predicted molar refractivity (Wildman–Crippen MR) is 157 cm³/mol. The number of fused-ring (bicyclic) bond motifs is 1. The van der Waals surface area contributed by atoms with Gasteiger partial charge in [-0.2, -0.15) is 9.97 Å². The number of hydrogen-bond donors (Lipinski definition) is 0. The number of carbonyl (C=O) groups is 1. The molecule has 9 heteroatoms. The first-order valence-corrected chi connectivity index (χ1v) is 14.6. The summed E-state index contributed by atoms with van der Waals surface area (Å²) in [5, 5.41) is 1.03. The van der Waals surface area contributed by atoms with E-state index in [4.69, 9.17) is 24.2 Å². The zero-order valence-electron chi connectivity index (χ0n) is 23.1. The van der Waals surface area contributed by atoms with E-state index in [2.05, 4.69) is 30.0 Å². The topological polar surface area (TPSA) is 77.0 Å². The summed E-state index contributed by atoms with van der Waals surface area (Å²) in [5.41, 5.74) is 2.95. The van der Waals surface area contributed by atoms with Gasteiger partial charge >= 0.3 is 6.01 Å². The van der Waals surface area contributed by atoms with Gasteiger partial charge in [-0.25, -0.2) is 0 Å². The molecule has 2 aliphatic heterocycles. The SMILES string of the molecule is CCc1cc2c(N3CCN(C(=O)c4ccc(-c5ccccc5)cc4)CC3)nc(OC[C@@H]3COC(C)(C)O3)nc2s1. The van der Waals surface area contributed by atoms with Gasteiger partial charge in [0.15, 0.2) is 5.79 Å². The highest BCUT2D eigenvalue weighted by atomic mass is 32.1. The van der Waals surface area contributed by atoms with Crippen molar-refractivity contribution in [1.82, 2.24) is 14.9 Å². The summed E-state index contributed by atoms with van der Waals surface area (Å²) in [6.07, 6.45) is 0.772. The summed E-state index contributed by atoms with van der Waals surface area (Å²) in [7, 11) is 0. The van der Waals surface area contributed by atoms with E-state index in [9.17, 15) is 4.79 Å². The molecule has 6 rings (SSSR count). The lowest BCUT2D eigenvalue weighted by Crippen LogP contribution is -2.49. The number of nitrogens with zero attached hydrogens (tertiary/aromatic N) is 4. The first-order valence-electron chi connectivity index (χ1n) is 13.8. The van der Waals surface area contributed by atoms with Gasteiger partial charge in [-0.1, -0.05) is 49.4 Å². The zero-order chi connectivity index (χ0) is 27.7. The van der Waals surface area contributed by atoms with Gasteiger partial charge < -0.3 is 24.0 Å². The molecule has 40 heavy (non-hydrogen) atoms. The van der Waals surface area contributed by atoms with Crippen LogP contribution in [0.3, 0.4) is 0 Å². The van der Waals surface area contributed by atoms with Crippen molar-refractivity contribution < 1.29 is 19.0 Å². The third-order valence-corrected chi connectivity index (χ3v) is 8.50. The molecular weight excluding hydrogens is 524 g/mol. The van der Waals surface area contributed by atoms with Crippen molar-refractivity contribution in [2.45, 2.75) is 39.1 Å². The molecule has 0 saturated carbocycles. The molecule has 1 atom stereocenters. The number of ether oxygens (including phenoxy) is 3. The van der Waals surface area contributed by atoms with Crippen molar-refractivity contribution in [1.29, 1.82) is 0 Å². The summed E-state index contributed by atoms with van der Waals surface area (Å²) in [6, 6.07) is 20.6. The maximum Gasteiger partial charge on any atom is 0.319 e. The highest BCUT2D eigenvalue weighted by Gasteiger charge is 2.33. The Hall–Kier alpha value is -3.53. The molecule has 0 bridgehead atoms. The van der Waals surface area contributed by atoms with E-state index >= 15 is 0 Å². The molecular formula is C31H34N4O4S. The Morgan fingerprint density at radius 2 is 1.75 bits per heavy atom. The second-order valence-electron chi connectivity index (χ2n) is 10.6. The van der Waals surface area contributed by atoms with Crippen molar-refractivity contribution in [3.63, 3.8) is 0 Å². The number of thiophene rings is 1. The number of piperazine rings is 1. The Balaban J connectivity index is 1.14. The van der Waals surface area contributed by atoms with Crippen LogP contribution in [0.15, 0.2) is 60.7 Å². The average Bonchev–Trinajstić information content (AvgIpc) is 3.58. The average molecular weight is 559 g/mol. The molecule has 2 aliphatic rings. The Labute approximate surface area is 238 Å². The van der Waals surface area contributed by atoms with Crippen molar-refractivity contribution in [3.8, 4) is 17.1 Å². The van der Waals surface area contributed by atoms with Gasteiger partial charge in [0.05, 0.1) is 12.0 Å². The third kappa shape index (κ3) is 5.68. The summed E-state index contributed by atoms with van der Waals surface area (Å²) < 4.78 is 17.5. The van der Waals surface area contributed by atoms with E-state index in [0.717, 1.165) is 33.6 Å². The molecule has 0 N–H and O–H groups in total. The van der Waals surface area contributed by atoms with Crippen LogP contribution in [0.4, 0.5) is 5.82 Å². The zero-order valence-corrected chi connectivity index (χ0v) is 23.9. The molecule has 2 aromatic carbocycles. The van der Waals surface area contributed by atoms with Crippen LogP contribution in [0.1, 0.15) is 36.0 Å². The van der Waals surface area contributed by atoms with E-state index in [1.165, 1.54) is 4.88 Å². The fourth-order valence-corrected chi connectivity index (χ4v) is 6.12. The second-order valence-corrected chi connectivity index (χ2v) is 11.7. The molecule has 208 valence electrons. The quantitative estimate of drug-likeness (QED) is 0.300. The van der Waals surface area contributed by atoms with Crippen LogP contribution in [0.2, 0.25) is 0 Å². The fourth-order valence-electron chi connectivity index (χ4n) is 5.17. The molecule has 1 amide bonds. The number of rotatable bonds is 7. The molecule has 0 aliphatic carbocycles. The molecule has 2 fully saturated rings. The van der Waals surface area contributed by atoms with Crippen molar-refractivity contribution in [2.75, 3.05) is 44.3 Å². The van der Waals surface area contributed by atoms with E-state index in [0.29, 0.717) is 51.0 Å². The third-order valence-electron chi connectivity index (χ3n) is 7.32. The minimum absolute atomic E-state index is 0.0571. The number of amides is 1. The molecule has 0 radical (unpaired) electrons. The van der Waals surface area contributed by atoms with Crippen LogP contribution in [-0.4, -0.2) is 72.1 Å². The predicted octanol–water partition coefficient (Wildman–Crippen LogP) is 5.41. The lowest BCUT2D eigenvalue weighted by atomic mass is 10.0. The van der Waals surface area contributed by atoms with Gasteiger partial charge in [0.2, 0.25) is 0 Å². The lowest BCUT2D eigenvalue weighted by molar-refractivity contribution is -0.141. The van der Waals surface area contributed by atoms with Gasteiger partial charge in [0.1, 0.15) is 23.4 Å². The Kier molecular flexibility index (Phi) is 7.44. The van der Waals surface area contributed by atoms with E-state index in [1.807, 2.05) is 61.2 Å². The minimum atomic E-state index is -0.602. The van der Waals surface area contributed by atoms with Crippen LogP contribution in [0.5, 0.6) is 6.01 Å². The Morgan fingerprint density at radius 1 is 1.02 bits per heavy atom. The van der Waals surface area contributed by atoms with Gasteiger partial charge in [-0.15, -0.1) is 11.3 Å². The summed E-state index contributed by atoms with van der Waals surface area (Å²) >= 11 is 1.67. The second kappa shape index (κ2) is 11.2. The first kappa shape index (κ1) is 26.7. The fraction of sp³-hybridized carbons (Fsp3) is 0.387. The molecule has 0 unspecified atom stereocenters. The largest absolute Gasteiger partial charge is 0.461 e. The lowest BCUT2D eigenvalue weighted by Gasteiger charge is -2.35. The van der Waals surface area contributed by atoms with Crippen LogP contribution < -0.4 is 9.64 Å². The summed E-state index contributed by atoms with van der Waals surface area (Å²) in [6.45, 7) is 9.35. The number of aromatic nitrogens is 2. The van der Waals surface area contributed by atoms with Crippen molar-refractivity contribution >= 4 is 33.3 Å². The van der Waals surface area contributed by atoms with Crippen LogP contribution in [-0.2, 0) is 15.9 Å². The Bertz CT molecular complexity index is 1480. The van der Waals surface area contributed by atoms with E-state index < -0.39 is 5.79 Å². The smallest absolute Gasteiger partial charge is 0.319 e. The van der Waals surface area contributed by atoms with Crippen molar-refractivity contribution in [2.24, 2.45) is 0 Å². The normalized spacial score (nSPS) is 18.8. The van der Waals surface area contributed by atoms with E-state index in [-0.39, 0.29) is 12.0 Å². The molecule has 8 nitrogen and oxygen atoms in total. The van der Waals surface area contributed by atoms with Gasteiger partial charge in [-0.3, -0.25) is 4.79 Å². The molecule has 0 spiro atoms. The molecule has 4 aromatic rings. The number of carbonyl (C=O) groups excluding carboxylic acids is 1. The monoisotopic (exact) mass is 558 g/mol. The molecule has 2 saturated heterocycles. The minimum Gasteiger partial charge on any atom is -0.461 e. The van der Waals surface area contributed by atoms with Crippen LogP contribution >= 0.6 is 11.3 Å². The summed E-state index contributed by atoms with van der Waals surface area (Å²) in [5.74, 6) is 0.315. The van der Waals surface area contributed by atoms with Gasteiger partial charge in [0, 0.05) is 36.6 Å².